The van der Waals surface area contributed by atoms with Crippen molar-refractivity contribution in [3.05, 3.63) is 0 Å². The quantitative estimate of drug-likeness (QED) is 0.721. The van der Waals surface area contributed by atoms with Crippen molar-refractivity contribution in [3.8, 4) is 0 Å². The molecule has 3 N–H and O–H groups in total. The topological polar surface area (TPSA) is 75.4 Å². The van der Waals surface area contributed by atoms with Crippen LogP contribution in [-0.4, -0.2) is 42.9 Å². The first-order valence-corrected chi connectivity index (χ1v) is 7.44. The second-order valence-corrected chi connectivity index (χ2v) is 5.83. The maximum atomic E-state index is 12.8. The molecule has 0 spiro atoms. The van der Waals surface area contributed by atoms with Gasteiger partial charge in [0.1, 0.15) is 0 Å². The SMILES string of the molecule is NCC1(C(=O)N2CCCNC(=O)C2)CCCCCC1. The van der Waals surface area contributed by atoms with Crippen molar-refractivity contribution < 1.29 is 9.59 Å². The fourth-order valence-corrected chi connectivity index (χ4v) is 3.23. The largest absolute Gasteiger partial charge is 0.354 e. The van der Waals surface area contributed by atoms with E-state index in [4.69, 9.17) is 5.73 Å². The summed E-state index contributed by atoms with van der Waals surface area (Å²) < 4.78 is 0. The Morgan fingerprint density at radius 1 is 1.21 bits per heavy atom. The van der Waals surface area contributed by atoms with Crippen molar-refractivity contribution >= 4 is 11.8 Å². The molecular weight excluding hydrogens is 242 g/mol. The number of nitrogens with two attached hydrogens (primary N) is 1. The minimum Gasteiger partial charge on any atom is -0.354 e. The lowest BCUT2D eigenvalue weighted by Gasteiger charge is -2.35. The molecule has 1 aliphatic carbocycles. The lowest BCUT2D eigenvalue weighted by molar-refractivity contribution is -0.144. The summed E-state index contributed by atoms with van der Waals surface area (Å²) in [6.45, 7) is 1.93. The Morgan fingerprint density at radius 2 is 1.89 bits per heavy atom. The Balaban J connectivity index is 2.11. The Labute approximate surface area is 114 Å². The van der Waals surface area contributed by atoms with Crippen LogP contribution in [0, 0.1) is 5.41 Å². The molecule has 0 unspecified atom stereocenters. The van der Waals surface area contributed by atoms with Crippen molar-refractivity contribution in [3.63, 3.8) is 0 Å². The van der Waals surface area contributed by atoms with E-state index in [0.29, 0.717) is 19.6 Å². The Morgan fingerprint density at radius 3 is 2.53 bits per heavy atom. The summed E-state index contributed by atoms with van der Waals surface area (Å²) in [5.74, 6) is 0.0561. The zero-order valence-corrected chi connectivity index (χ0v) is 11.6. The van der Waals surface area contributed by atoms with E-state index in [1.807, 2.05) is 0 Å². The first-order chi connectivity index (χ1) is 9.18. The van der Waals surface area contributed by atoms with E-state index in [2.05, 4.69) is 5.32 Å². The molecule has 19 heavy (non-hydrogen) atoms. The molecular formula is C14H25N3O2. The molecule has 0 aromatic heterocycles. The second-order valence-electron chi connectivity index (χ2n) is 5.83. The molecule has 2 aliphatic rings. The zero-order valence-electron chi connectivity index (χ0n) is 11.6. The lowest BCUT2D eigenvalue weighted by atomic mass is 9.79. The van der Waals surface area contributed by atoms with Gasteiger partial charge in [-0.3, -0.25) is 9.59 Å². The molecule has 2 amide bonds. The Kier molecular flexibility index (Phi) is 4.80. The van der Waals surface area contributed by atoms with Gasteiger partial charge in [-0.15, -0.1) is 0 Å². The van der Waals surface area contributed by atoms with Crippen LogP contribution in [0.5, 0.6) is 0 Å². The minimum absolute atomic E-state index is 0.0494. The van der Waals surface area contributed by atoms with Crippen LogP contribution in [0.4, 0.5) is 0 Å². The summed E-state index contributed by atoms with van der Waals surface area (Å²) in [5.41, 5.74) is 5.53. The molecule has 0 aromatic rings. The van der Waals surface area contributed by atoms with Gasteiger partial charge in [-0.2, -0.15) is 0 Å². The van der Waals surface area contributed by atoms with Crippen molar-refractivity contribution in [1.29, 1.82) is 0 Å². The van der Waals surface area contributed by atoms with E-state index in [0.717, 1.165) is 32.1 Å². The Hall–Kier alpha value is -1.10. The fraction of sp³-hybridized carbons (Fsp3) is 0.857. The first kappa shape index (κ1) is 14.3. The molecule has 2 fully saturated rings. The van der Waals surface area contributed by atoms with Crippen molar-refractivity contribution in [2.75, 3.05) is 26.2 Å². The highest BCUT2D eigenvalue weighted by Crippen LogP contribution is 2.36. The van der Waals surface area contributed by atoms with Gasteiger partial charge in [-0.1, -0.05) is 25.7 Å². The summed E-state index contributed by atoms with van der Waals surface area (Å²) in [6.07, 6.45) is 7.11. The van der Waals surface area contributed by atoms with Gasteiger partial charge in [0.25, 0.3) is 0 Å². The van der Waals surface area contributed by atoms with Crippen LogP contribution in [0.1, 0.15) is 44.9 Å². The van der Waals surface area contributed by atoms with Gasteiger partial charge in [0.2, 0.25) is 11.8 Å². The van der Waals surface area contributed by atoms with Crippen LogP contribution in [0.2, 0.25) is 0 Å². The van der Waals surface area contributed by atoms with E-state index in [-0.39, 0.29) is 18.4 Å². The predicted molar refractivity (Wildman–Crippen MR) is 73.4 cm³/mol. The van der Waals surface area contributed by atoms with Gasteiger partial charge in [-0.25, -0.2) is 0 Å². The molecule has 1 saturated carbocycles. The van der Waals surface area contributed by atoms with Gasteiger partial charge < -0.3 is 16.0 Å². The van der Waals surface area contributed by atoms with E-state index in [9.17, 15) is 9.59 Å². The summed E-state index contributed by atoms with van der Waals surface area (Å²) in [7, 11) is 0. The van der Waals surface area contributed by atoms with Crippen molar-refractivity contribution in [2.24, 2.45) is 11.1 Å². The number of carbonyl (C=O) groups excluding carboxylic acids is 2. The first-order valence-electron chi connectivity index (χ1n) is 7.44. The number of rotatable bonds is 2. The molecule has 1 heterocycles. The number of amides is 2. The molecule has 1 aliphatic heterocycles. The summed E-state index contributed by atoms with van der Waals surface area (Å²) in [4.78, 5) is 26.2. The molecule has 5 heteroatoms. The lowest BCUT2D eigenvalue weighted by Crippen LogP contribution is -2.49. The number of nitrogens with zero attached hydrogens (tertiary/aromatic N) is 1. The summed E-state index contributed by atoms with van der Waals surface area (Å²) >= 11 is 0. The second kappa shape index (κ2) is 6.37. The van der Waals surface area contributed by atoms with Gasteiger partial charge in [0.15, 0.2) is 0 Å². The van der Waals surface area contributed by atoms with E-state index >= 15 is 0 Å². The van der Waals surface area contributed by atoms with Crippen LogP contribution in [-0.2, 0) is 9.59 Å². The van der Waals surface area contributed by atoms with E-state index in [1.165, 1.54) is 12.8 Å². The average Bonchev–Trinajstić information content (AvgIpc) is 2.78. The van der Waals surface area contributed by atoms with Gasteiger partial charge >= 0.3 is 0 Å². The normalized spacial score (nSPS) is 24.3. The standard InChI is InChI=1S/C14H25N3O2/c15-11-14(6-3-1-2-4-7-14)13(19)17-9-5-8-16-12(18)10-17/h1-11,15H2,(H,16,18). The summed E-state index contributed by atoms with van der Waals surface area (Å²) in [6, 6.07) is 0. The molecule has 0 aromatic carbocycles. The van der Waals surface area contributed by atoms with Crippen LogP contribution >= 0.6 is 0 Å². The van der Waals surface area contributed by atoms with Crippen LogP contribution in [0.15, 0.2) is 0 Å². The zero-order chi connectivity index (χ0) is 13.7. The number of carbonyl (C=O) groups is 2. The van der Waals surface area contributed by atoms with Crippen molar-refractivity contribution in [2.45, 2.75) is 44.9 Å². The smallest absolute Gasteiger partial charge is 0.239 e. The van der Waals surface area contributed by atoms with E-state index in [1.54, 1.807) is 4.90 Å². The molecule has 5 nitrogen and oxygen atoms in total. The highest BCUT2D eigenvalue weighted by atomic mass is 16.2. The number of nitrogens with one attached hydrogen (secondary N) is 1. The van der Waals surface area contributed by atoms with Gasteiger partial charge in [0.05, 0.1) is 12.0 Å². The van der Waals surface area contributed by atoms with Gasteiger partial charge in [0, 0.05) is 19.6 Å². The molecule has 108 valence electrons. The minimum atomic E-state index is -0.416. The van der Waals surface area contributed by atoms with Crippen LogP contribution in [0.25, 0.3) is 0 Å². The molecule has 1 saturated heterocycles. The number of hydrogen-bond acceptors (Lipinski definition) is 3. The van der Waals surface area contributed by atoms with Crippen LogP contribution in [0.3, 0.4) is 0 Å². The average molecular weight is 267 g/mol. The monoisotopic (exact) mass is 267 g/mol. The third-order valence-corrected chi connectivity index (χ3v) is 4.45. The fourth-order valence-electron chi connectivity index (χ4n) is 3.23. The molecule has 0 radical (unpaired) electrons. The maximum absolute atomic E-state index is 12.8. The highest BCUT2D eigenvalue weighted by molar-refractivity contribution is 5.88. The summed E-state index contributed by atoms with van der Waals surface area (Å²) in [5, 5.41) is 2.81. The van der Waals surface area contributed by atoms with Crippen molar-refractivity contribution in [1.82, 2.24) is 10.2 Å². The third kappa shape index (κ3) is 3.26. The Bertz CT molecular complexity index is 336. The molecule has 0 atom stereocenters. The van der Waals surface area contributed by atoms with Crippen LogP contribution < -0.4 is 11.1 Å². The highest BCUT2D eigenvalue weighted by Gasteiger charge is 2.40. The molecule has 2 rings (SSSR count). The maximum Gasteiger partial charge on any atom is 0.239 e. The number of hydrogen-bond donors (Lipinski definition) is 2. The van der Waals surface area contributed by atoms with Gasteiger partial charge in [-0.05, 0) is 19.3 Å². The molecule has 0 bridgehead atoms. The predicted octanol–water partition coefficient (Wildman–Crippen LogP) is 0.634. The third-order valence-electron chi connectivity index (χ3n) is 4.45. The van der Waals surface area contributed by atoms with E-state index < -0.39 is 5.41 Å².